The molecule has 0 aliphatic carbocycles. The van der Waals surface area contributed by atoms with Crippen molar-refractivity contribution in [1.29, 1.82) is 0 Å². The van der Waals surface area contributed by atoms with Crippen LogP contribution >= 0.6 is 11.8 Å². The van der Waals surface area contributed by atoms with E-state index in [0.717, 1.165) is 22.6 Å². The second kappa shape index (κ2) is 10.5. The number of nitrogens with zero attached hydrogens (tertiary/aromatic N) is 1. The molecular formula is C21H24N2O4S. The molecule has 2 amide bonds. The summed E-state index contributed by atoms with van der Waals surface area (Å²) in [6, 6.07) is 14.6. The molecule has 0 unspecified atom stereocenters. The van der Waals surface area contributed by atoms with E-state index < -0.39 is 18.5 Å². The molecule has 0 aromatic heterocycles. The summed E-state index contributed by atoms with van der Waals surface area (Å²) in [5.74, 6) is -1.32. The van der Waals surface area contributed by atoms with Gasteiger partial charge in [-0.2, -0.15) is 0 Å². The molecule has 0 atom stereocenters. The van der Waals surface area contributed by atoms with Gasteiger partial charge < -0.3 is 15.0 Å². The Morgan fingerprint density at radius 1 is 1.07 bits per heavy atom. The number of hydrogen-bond acceptors (Lipinski definition) is 5. The molecule has 28 heavy (non-hydrogen) atoms. The molecule has 6 nitrogen and oxygen atoms in total. The molecule has 0 heterocycles. The van der Waals surface area contributed by atoms with Crippen LogP contribution in [-0.2, 0) is 20.7 Å². The zero-order chi connectivity index (χ0) is 20.5. The van der Waals surface area contributed by atoms with Crippen LogP contribution in [0.4, 0.5) is 5.69 Å². The molecule has 0 spiro atoms. The van der Waals surface area contributed by atoms with Crippen molar-refractivity contribution in [2.24, 2.45) is 0 Å². The van der Waals surface area contributed by atoms with Crippen molar-refractivity contribution in [2.45, 2.75) is 18.2 Å². The summed E-state index contributed by atoms with van der Waals surface area (Å²) < 4.78 is 5.11. The van der Waals surface area contributed by atoms with E-state index in [4.69, 9.17) is 4.74 Å². The lowest BCUT2D eigenvalue weighted by atomic mass is 10.1. The van der Waals surface area contributed by atoms with E-state index in [1.807, 2.05) is 49.6 Å². The van der Waals surface area contributed by atoms with Gasteiger partial charge in [0.05, 0.1) is 12.1 Å². The highest BCUT2D eigenvalue weighted by Crippen LogP contribution is 2.20. The van der Waals surface area contributed by atoms with Gasteiger partial charge in [0, 0.05) is 17.6 Å². The smallest absolute Gasteiger partial charge is 0.339 e. The minimum Gasteiger partial charge on any atom is -0.452 e. The van der Waals surface area contributed by atoms with E-state index in [-0.39, 0.29) is 12.5 Å². The molecule has 0 fully saturated rings. The van der Waals surface area contributed by atoms with Crippen molar-refractivity contribution in [1.82, 2.24) is 4.90 Å². The molecule has 0 aliphatic heterocycles. The van der Waals surface area contributed by atoms with Crippen molar-refractivity contribution in [3.63, 3.8) is 0 Å². The normalized spacial score (nSPS) is 10.2. The number of aryl methyl sites for hydroxylation is 1. The first-order valence-corrected chi connectivity index (χ1v) is 10.1. The van der Waals surface area contributed by atoms with E-state index in [9.17, 15) is 14.4 Å². The summed E-state index contributed by atoms with van der Waals surface area (Å²) in [5.41, 5.74) is 2.17. The second-order valence-electron chi connectivity index (χ2n) is 6.09. The first kappa shape index (κ1) is 21.5. The number of likely N-dealkylation sites (N-methyl/N-ethyl adjacent to an activating group) is 1. The minimum atomic E-state index is -0.562. The largest absolute Gasteiger partial charge is 0.452 e. The number of esters is 1. The second-order valence-corrected chi connectivity index (χ2v) is 6.93. The number of rotatable bonds is 8. The van der Waals surface area contributed by atoms with E-state index in [1.54, 1.807) is 12.1 Å². The summed E-state index contributed by atoms with van der Waals surface area (Å²) in [4.78, 5) is 38.6. The van der Waals surface area contributed by atoms with E-state index in [1.165, 1.54) is 23.7 Å². The number of anilines is 1. The molecule has 2 aromatic carbocycles. The molecule has 0 saturated heterocycles. The van der Waals surface area contributed by atoms with E-state index >= 15 is 0 Å². The van der Waals surface area contributed by atoms with E-state index in [2.05, 4.69) is 5.32 Å². The maximum Gasteiger partial charge on any atom is 0.339 e. The number of para-hydroxylation sites is 1. The Labute approximate surface area is 169 Å². The third-order valence-corrected chi connectivity index (χ3v) is 4.93. The number of carbonyl (C=O) groups is 3. The fourth-order valence-corrected chi connectivity index (χ4v) is 3.16. The van der Waals surface area contributed by atoms with Crippen LogP contribution in [0.3, 0.4) is 0 Å². The molecule has 0 radical (unpaired) electrons. The van der Waals surface area contributed by atoms with Crippen LogP contribution in [0.15, 0.2) is 53.4 Å². The molecule has 1 N–H and O–H groups in total. The number of ether oxygens (including phenoxy) is 1. The zero-order valence-corrected chi connectivity index (χ0v) is 17.0. The van der Waals surface area contributed by atoms with Gasteiger partial charge in [-0.15, -0.1) is 11.8 Å². The van der Waals surface area contributed by atoms with Gasteiger partial charge in [0.15, 0.2) is 6.61 Å². The van der Waals surface area contributed by atoms with Crippen LogP contribution in [0.2, 0.25) is 0 Å². The standard InChI is InChI=1S/C21H24N2O4S/c1-4-15-9-5-7-11-17(15)22-19(24)13-23(2)20(25)14-27-21(26)16-10-6-8-12-18(16)28-3/h5-12H,4,13-14H2,1-3H3,(H,22,24). The molecule has 148 valence electrons. The maximum atomic E-state index is 12.2. The van der Waals surface area contributed by atoms with Gasteiger partial charge in [-0.3, -0.25) is 9.59 Å². The topological polar surface area (TPSA) is 75.7 Å². The molecule has 0 aliphatic rings. The van der Waals surface area contributed by atoms with Crippen LogP contribution in [0.25, 0.3) is 0 Å². The van der Waals surface area contributed by atoms with Crippen molar-refractivity contribution in [3.8, 4) is 0 Å². The van der Waals surface area contributed by atoms with E-state index in [0.29, 0.717) is 5.56 Å². The van der Waals surface area contributed by atoms with Gasteiger partial charge in [-0.25, -0.2) is 4.79 Å². The first-order valence-electron chi connectivity index (χ1n) is 8.88. The van der Waals surface area contributed by atoms with Crippen LogP contribution in [0.5, 0.6) is 0 Å². The fraction of sp³-hybridized carbons (Fsp3) is 0.286. The minimum absolute atomic E-state index is 0.129. The quantitative estimate of drug-likeness (QED) is 0.544. The van der Waals surface area contributed by atoms with Crippen molar-refractivity contribution < 1.29 is 19.1 Å². The third kappa shape index (κ3) is 5.85. The SMILES string of the molecule is CCc1ccccc1NC(=O)CN(C)C(=O)COC(=O)c1ccccc1SC. The maximum absolute atomic E-state index is 12.2. The predicted octanol–water partition coefficient (Wildman–Crippen LogP) is 3.22. The van der Waals surface area contributed by atoms with Crippen LogP contribution < -0.4 is 5.32 Å². The van der Waals surface area contributed by atoms with Gasteiger partial charge >= 0.3 is 5.97 Å². The summed E-state index contributed by atoms with van der Waals surface area (Å²) in [7, 11) is 1.50. The van der Waals surface area contributed by atoms with Crippen molar-refractivity contribution in [2.75, 3.05) is 31.8 Å². The number of amides is 2. The highest BCUT2D eigenvalue weighted by molar-refractivity contribution is 7.98. The monoisotopic (exact) mass is 400 g/mol. The predicted molar refractivity (Wildman–Crippen MR) is 111 cm³/mol. The average molecular weight is 401 g/mol. The summed E-state index contributed by atoms with van der Waals surface area (Å²) in [6.07, 6.45) is 2.65. The molecule has 0 saturated carbocycles. The Morgan fingerprint density at radius 3 is 2.46 bits per heavy atom. The molecule has 7 heteroatoms. The Kier molecular flexibility index (Phi) is 8.07. The van der Waals surface area contributed by atoms with Crippen LogP contribution in [-0.4, -0.2) is 49.1 Å². The number of benzene rings is 2. The van der Waals surface area contributed by atoms with Gasteiger partial charge in [-0.05, 0) is 36.4 Å². The lowest BCUT2D eigenvalue weighted by Crippen LogP contribution is -2.37. The highest BCUT2D eigenvalue weighted by atomic mass is 32.2. The molecular weight excluding hydrogens is 376 g/mol. The summed E-state index contributed by atoms with van der Waals surface area (Å²) in [6.45, 7) is 1.46. The molecule has 2 aromatic rings. The Bertz CT molecular complexity index is 854. The van der Waals surface area contributed by atoms with Crippen LogP contribution in [0, 0.1) is 0 Å². The lowest BCUT2D eigenvalue weighted by molar-refractivity contribution is -0.136. The van der Waals surface area contributed by atoms with Crippen LogP contribution in [0.1, 0.15) is 22.8 Å². The van der Waals surface area contributed by atoms with Gasteiger partial charge in [0.1, 0.15) is 0 Å². The van der Waals surface area contributed by atoms with Gasteiger partial charge in [0.2, 0.25) is 5.91 Å². The fourth-order valence-electron chi connectivity index (χ4n) is 2.57. The highest BCUT2D eigenvalue weighted by Gasteiger charge is 2.18. The summed E-state index contributed by atoms with van der Waals surface area (Å²) in [5, 5.41) is 2.81. The third-order valence-electron chi connectivity index (χ3n) is 4.13. The zero-order valence-electron chi connectivity index (χ0n) is 16.2. The molecule has 0 bridgehead atoms. The number of nitrogens with one attached hydrogen (secondary N) is 1. The van der Waals surface area contributed by atoms with Crippen molar-refractivity contribution >= 4 is 35.2 Å². The first-order chi connectivity index (χ1) is 13.5. The van der Waals surface area contributed by atoms with Gasteiger partial charge in [-0.1, -0.05) is 37.3 Å². The molecule has 2 rings (SSSR count). The Morgan fingerprint density at radius 2 is 1.75 bits per heavy atom. The number of thioether (sulfide) groups is 1. The van der Waals surface area contributed by atoms with Crippen molar-refractivity contribution in [3.05, 3.63) is 59.7 Å². The number of hydrogen-bond donors (Lipinski definition) is 1. The lowest BCUT2D eigenvalue weighted by Gasteiger charge is -2.17. The number of carbonyl (C=O) groups excluding carboxylic acids is 3. The Balaban J connectivity index is 1.87. The van der Waals surface area contributed by atoms with Gasteiger partial charge in [0.25, 0.3) is 5.91 Å². The Hall–Kier alpha value is -2.80. The average Bonchev–Trinajstić information content (AvgIpc) is 2.71. The summed E-state index contributed by atoms with van der Waals surface area (Å²) >= 11 is 1.43.